The summed E-state index contributed by atoms with van der Waals surface area (Å²) in [5, 5.41) is 3.36. The molecule has 0 unspecified atom stereocenters. The quantitative estimate of drug-likeness (QED) is 0.903. The fraction of sp³-hybridized carbons (Fsp3) is 0.750. The second kappa shape index (κ2) is 7.34. The Morgan fingerprint density at radius 2 is 1.89 bits per heavy atom. The van der Waals surface area contributed by atoms with Gasteiger partial charge in [-0.05, 0) is 25.9 Å². The number of rotatable bonds is 2. The third kappa shape index (κ3) is 3.60. The second-order valence-corrected chi connectivity index (χ2v) is 4.86. The van der Waals surface area contributed by atoms with Gasteiger partial charge in [-0.15, -0.1) is 24.8 Å². The van der Waals surface area contributed by atoms with E-state index < -0.39 is 0 Å². The van der Waals surface area contributed by atoms with E-state index in [1.807, 2.05) is 0 Å². The molecule has 3 rings (SSSR count). The van der Waals surface area contributed by atoms with Crippen LogP contribution >= 0.6 is 24.8 Å². The Bertz CT molecular complexity index is 337. The number of piperidine rings is 1. The summed E-state index contributed by atoms with van der Waals surface area (Å²) >= 11 is 0. The maximum absolute atomic E-state index is 4.70. The highest BCUT2D eigenvalue weighted by molar-refractivity contribution is 5.85. The molecule has 4 nitrogen and oxygen atoms in total. The van der Waals surface area contributed by atoms with E-state index in [0.29, 0.717) is 0 Å². The normalized spacial score (nSPS) is 19.6. The van der Waals surface area contributed by atoms with Crippen LogP contribution in [0.3, 0.4) is 0 Å². The van der Waals surface area contributed by atoms with Gasteiger partial charge in [0.2, 0.25) is 0 Å². The van der Waals surface area contributed by atoms with Crippen molar-refractivity contribution in [3.63, 3.8) is 0 Å². The summed E-state index contributed by atoms with van der Waals surface area (Å²) in [4.78, 5) is 7.24. The van der Waals surface area contributed by atoms with E-state index in [1.165, 1.54) is 43.9 Å². The molecule has 0 atom stereocenters. The van der Waals surface area contributed by atoms with Gasteiger partial charge in [-0.1, -0.05) is 6.42 Å². The van der Waals surface area contributed by atoms with Crippen LogP contribution in [0.15, 0.2) is 6.20 Å². The molecule has 1 saturated heterocycles. The van der Waals surface area contributed by atoms with Gasteiger partial charge >= 0.3 is 0 Å². The highest BCUT2D eigenvalue weighted by atomic mass is 35.5. The van der Waals surface area contributed by atoms with E-state index in [2.05, 4.69) is 21.0 Å². The zero-order valence-electron chi connectivity index (χ0n) is 10.6. The van der Waals surface area contributed by atoms with E-state index >= 15 is 0 Å². The summed E-state index contributed by atoms with van der Waals surface area (Å²) < 4.78 is 2.30. The average molecular weight is 293 g/mol. The minimum Gasteiger partial charge on any atom is -0.332 e. The fourth-order valence-electron chi connectivity index (χ4n) is 2.67. The minimum absolute atomic E-state index is 0. The smallest absolute Gasteiger partial charge is 0.123 e. The molecule has 1 fully saturated rings. The molecular formula is C12H22Cl2N4. The number of nitrogens with one attached hydrogen (secondary N) is 1. The summed E-state index contributed by atoms with van der Waals surface area (Å²) in [6, 6.07) is 0. The van der Waals surface area contributed by atoms with Crippen molar-refractivity contribution in [1.82, 2.24) is 19.8 Å². The third-order valence-corrected chi connectivity index (χ3v) is 3.56. The molecule has 0 aliphatic carbocycles. The topological polar surface area (TPSA) is 33.1 Å². The van der Waals surface area contributed by atoms with Crippen molar-refractivity contribution in [2.24, 2.45) is 0 Å². The summed E-state index contributed by atoms with van der Waals surface area (Å²) in [5.41, 5.74) is 1.25. The van der Waals surface area contributed by atoms with Gasteiger partial charge in [-0.25, -0.2) is 4.98 Å². The molecule has 0 spiro atoms. The first-order valence-electron chi connectivity index (χ1n) is 6.40. The van der Waals surface area contributed by atoms with Crippen LogP contribution in [0.1, 0.15) is 30.8 Å². The number of aromatic nitrogens is 2. The van der Waals surface area contributed by atoms with E-state index in [0.717, 1.165) is 26.2 Å². The monoisotopic (exact) mass is 292 g/mol. The lowest BCUT2D eigenvalue weighted by Gasteiger charge is -2.25. The van der Waals surface area contributed by atoms with Crippen LogP contribution in [-0.2, 0) is 19.6 Å². The molecule has 1 aromatic heterocycles. The van der Waals surface area contributed by atoms with E-state index in [1.54, 1.807) is 0 Å². The van der Waals surface area contributed by atoms with Crippen molar-refractivity contribution >= 4 is 24.8 Å². The van der Waals surface area contributed by atoms with E-state index in [9.17, 15) is 0 Å². The molecule has 0 saturated carbocycles. The summed E-state index contributed by atoms with van der Waals surface area (Å²) in [6.45, 7) is 6.62. The molecule has 2 aliphatic heterocycles. The van der Waals surface area contributed by atoms with Crippen molar-refractivity contribution in [1.29, 1.82) is 0 Å². The summed E-state index contributed by atoms with van der Waals surface area (Å²) in [5.74, 6) is 1.21. The van der Waals surface area contributed by atoms with Crippen LogP contribution in [-0.4, -0.2) is 34.1 Å². The SMILES string of the molecule is Cl.Cl.c1c(CN2CCCCC2)nc2n1CCNC2. The van der Waals surface area contributed by atoms with Gasteiger partial charge in [0, 0.05) is 25.8 Å². The molecule has 1 aromatic rings. The van der Waals surface area contributed by atoms with Crippen molar-refractivity contribution in [3.05, 3.63) is 17.7 Å². The highest BCUT2D eigenvalue weighted by Gasteiger charge is 2.15. The highest BCUT2D eigenvalue weighted by Crippen LogP contribution is 2.13. The Balaban J connectivity index is 0.000000810. The molecule has 0 radical (unpaired) electrons. The molecule has 1 N–H and O–H groups in total. The predicted octanol–water partition coefficient (Wildman–Crippen LogP) is 1.82. The van der Waals surface area contributed by atoms with Gasteiger partial charge in [-0.3, -0.25) is 4.90 Å². The molecule has 0 aromatic carbocycles. The lowest BCUT2D eigenvalue weighted by Crippen LogP contribution is -2.29. The fourth-order valence-corrected chi connectivity index (χ4v) is 2.67. The number of likely N-dealkylation sites (tertiary alicyclic amines) is 1. The van der Waals surface area contributed by atoms with Crippen LogP contribution in [0.25, 0.3) is 0 Å². The molecular weight excluding hydrogens is 271 g/mol. The molecule has 6 heteroatoms. The number of fused-ring (bicyclic) bond motifs is 1. The molecule has 104 valence electrons. The van der Waals surface area contributed by atoms with Crippen molar-refractivity contribution < 1.29 is 0 Å². The standard InChI is InChI=1S/C12H20N4.2ClH/c1-2-5-15(6-3-1)9-11-10-16-7-4-13-8-12(16)14-11;;/h10,13H,1-9H2;2*1H. The lowest BCUT2D eigenvalue weighted by atomic mass is 10.1. The maximum atomic E-state index is 4.70. The largest absolute Gasteiger partial charge is 0.332 e. The van der Waals surface area contributed by atoms with Crippen LogP contribution in [0.2, 0.25) is 0 Å². The van der Waals surface area contributed by atoms with Crippen LogP contribution < -0.4 is 5.32 Å². The van der Waals surface area contributed by atoms with Crippen LogP contribution in [0, 0.1) is 0 Å². The number of nitrogens with zero attached hydrogens (tertiary/aromatic N) is 3. The predicted molar refractivity (Wildman–Crippen MR) is 77.6 cm³/mol. The molecule has 2 aliphatic rings. The lowest BCUT2D eigenvalue weighted by molar-refractivity contribution is 0.218. The zero-order chi connectivity index (χ0) is 10.8. The Kier molecular flexibility index (Phi) is 6.43. The molecule has 0 bridgehead atoms. The third-order valence-electron chi connectivity index (χ3n) is 3.56. The van der Waals surface area contributed by atoms with Crippen molar-refractivity contribution in [2.75, 3.05) is 19.6 Å². The Morgan fingerprint density at radius 1 is 1.11 bits per heavy atom. The zero-order valence-corrected chi connectivity index (χ0v) is 12.2. The second-order valence-electron chi connectivity index (χ2n) is 4.86. The molecule has 18 heavy (non-hydrogen) atoms. The molecule has 0 amide bonds. The summed E-state index contributed by atoms with van der Waals surface area (Å²) in [7, 11) is 0. The first-order chi connectivity index (χ1) is 7.92. The van der Waals surface area contributed by atoms with Crippen molar-refractivity contribution in [3.8, 4) is 0 Å². The number of hydrogen-bond acceptors (Lipinski definition) is 3. The van der Waals surface area contributed by atoms with E-state index in [4.69, 9.17) is 4.98 Å². The van der Waals surface area contributed by atoms with Gasteiger partial charge < -0.3 is 9.88 Å². The number of imidazole rings is 1. The first-order valence-corrected chi connectivity index (χ1v) is 6.40. The van der Waals surface area contributed by atoms with Gasteiger partial charge in [0.1, 0.15) is 5.82 Å². The van der Waals surface area contributed by atoms with Gasteiger partial charge in [0.05, 0.1) is 12.2 Å². The Labute approximate surface area is 121 Å². The Morgan fingerprint density at radius 3 is 2.61 bits per heavy atom. The number of hydrogen-bond donors (Lipinski definition) is 1. The average Bonchev–Trinajstić information content (AvgIpc) is 2.72. The molecule has 3 heterocycles. The van der Waals surface area contributed by atoms with Gasteiger partial charge in [0.25, 0.3) is 0 Å². The summed E-state index contributed by atoms with van der Waals surface area (Å²) in [6.07, 6.45) is 6.36. The van der Waals surface area contributed by atoms with Crippen molar-refractivity contribution in [2.45, 2.75) is 38.9 Å². The maximum Gasteiger partial charge on any atom is 0.123 e. The number of halogens is 2. The Hall–Kier alpha value is -0.290. The first kappa shape index (κ1) is 15.8. The van der Waals surface area contributed by atoms with Crippen LogP contribution in [0.4, 0.5) is 0 Å². The van der Waals surface area contributed by atoms with Crippen LogP contribution in [0.5, 0.6) is 0 Å². The van der Waals surface area contributed by atoms with Gasteiger partial charge in [-0.2, -0.15) is 0 Å². The van der Waals surface area contributed by atoms with E-state index in [-0.39, 0.29) is 24.8 Å². The minimum atomic E-state index is 0. The van der Waals surface area contributed by atoms with Gasteiger partial charge in [0.15, 0.2) is 0 Å².